The second kappa shape index (κ2) is 9.29. The van der Waals surface area contributed by atoms with E-state index in [1.54, 1.807) is 0 Å². The molecule has 9 aromatic carbocycles. The molecule has 0 aliphatic heterocycles. The lowest BCUT2D eigenvalue weighted by atomic mass is 9.83. The Morgan fingerprint density at radius 3 is 1.60 bits per heavy atom. The zero-order valence-electron chi connectivity index (χ0n) is 48.4. The minimum Gasteiger partial charge on any atom is -0.455 e. The molecule has 10 aromatic rings. The highest BCUT2D eigenvalue weighted by atomic mass is 16.3. The second-order valence-electron chi connectivity index (χ2n) is 10.0. The number of para-hydroxylation sites is 1. The molecule has 0 unspecified atom stereocenters. The molecule has 0 N–H and O–H groups in total. The van der Waals surface area contributed by atoms with Gasteiger partial charge in [0.1, 0.15) is 11.2 Å². The lowest BCUT2D eigenvalue weighted by molar-refractivity contribution is 0.673. The Morgan fingerprint density at radius 1 is 0.356 bits per heavy atom. The van der Waals surface area contributed by atoms with Gasteiger partial charge in [-0.1, -0.05) is 145 Å². The molecule has 0 saturated heterocycles. The van der Waals surface area contributed by atoms with Crippen LogP contribution in [0, 0.1) is 0 Å². The maximum atomic E-state index is 9.95. The molecule has 10 rings (SSSR count). The molecule has 0 spiro atoms. The van der Waals surface area contributed by atoms with Crippen molar-refractivity contribution in [2.24, 2.45) is 0 Å². The average Bonchev–Trinajstić information content (AvgIpc) is 3.74. The third-order valence-electron chi connectivity index (χ3n) is 7.75. The highest BCUT2D eigenvalue weighted by Gasteiger charge is 2.22. The third-order valence-corrected chi connectivity index (χ3v) is 7.75. The molecule has 0 saturated carbocycles. The molecule has 0 aliphatic carbocycles. The van der Waals surface area contributed by atoms with E-state index < -0.39 is 255 Å². The van der Waals surface area contributed by atoms with E-state index in [4.69, 9.17) is 30.5 Å². The molecule has 0 atom stereocenters. The summed E-state index contributed by atoms with van der Waals surface area (Å²) in [5.41, 5.74) is -3.95. The molecule has 1 nitrogen and oxygen atoms in total. The van der Waals surface area contributed by atoms with E-state index in [1.165, 1.54) is 0 Å². The Labute approximate surface area is 296 Å². The number of hydrogen-bond acceptors (Lipinski definition) is 1. The van der Waals surface area contributed by atoms with Crippen molar-refractivity contribution in [2.75, 3.05) is 0 Å². The van der Waals surface area contributed by atoms with Gasteiger partial charge in [-0.2, -0.15) is 0 Å². The normalized spacial score (nSPS) is 20.1. The van der Waals surface area contributed by atoms with E-state index >= 15 is 0 Å². The van der Waals surface area contributed by atoms with Crippen LogP contribution in [0.4, 0.5) is 0 Å². The van der Waals surface area contributed by atoms with Crippen molar-refractivity contribution < 1.29 is 40.1 Å². The van der Waals surface area contributed by atoms with E-state index in [9.17, 15) is 9.60 Å². The number of benzene rings is 9. The van der Waals surface area contributed by atoms with Gasteiger partial charge in [0.05, 0.1) is 35.6 Å². The monoisotopic (exact) mass is 596 g/mol. The van der Waals surface area contributed by atoms with Gasteiger partial charge in [-0.3, -0.25) is 0 Å². The molecular weight excluding hydrogens is 544 g/mol. The fourth-order valence-corrected chi connectivity index (χ4v) is 5.94. The zero-order valence-corrected chi connectivity index (χ0v) is 22.4. The van der Waals surface area contributed by atoms with Gasteiger partial charge in [0.25, 0.3) is 0 Å². The molecule has 208 valence electrons. The van der Waals surface area contributed by atoms with Crippen LogP contribution >= 0.6 is 0 Å². The van der Waals surface area contributed by atoms with Crippen LogP contribution in [0.5, 0.6) is 0 Å². The van der Waals surface area contributed by atoms with E-state index in [0.717, 1.165) is 0 Å². The first-order chi connectivity index (χ1) is 33.2. The van der Waals surface area contributed by atoms with Crippen LogP contribution in [0.1, 0.15) is 35.6 Å². The third kappa shape index (κ3) is 3.44. The summed E-state index contributed by atoms with van der Waals surface area (Å²) in [5.74, 6) is 0. The smallest absolute Gasteiger partial charge is 0.143 e. The van der Waals surface area contributed by atoms with Gasteiger partial charge in [0.15, 0.2) is 0 Å². The van der Waals surface area contributed by atoms with E-state index in [-0.39, 0.29) is 0 Å². The van der Waals surface area contributed by atoms with Gasteiger partial charge in [-0.25, -0.2) is 0 Å². The van der Waals surface area contributed by atoms with Crippen molar-refractivity contribution >= 4 is 75.8 Å². The van der Waals surface area contributed by atoms with E-state index in [2.05, 4.69) is 0 Å². The highest BCUT2D eigenvalue weighted by molar-refractivity contribution is 6.30. The van der Waals surface area contributed by atoms with Crippen molar-refractivity contribution in [2.45, 2.75) is 0 Å². The van der Waals surface area contributed by atoms with Crippen LogP contribution in [0.15, 0.2) is 162 Å². The topological polar surface area (TPSA) is 13.1 Å². The molecule has 0 bridgehead atoms. The summed E-state index contributed by atoms with van der Waals surface area (Å²) in [4.78, 5) is 0. The highest BCUT2D eigenvalue weighted by Crippen LogP contribution is 2.49. The fraction of sp³-hybridized carbons (Fsp3) is 0. The van der Waals surface area contributed by atoms with Gasteiger partial charge in [-0.05, 0) is 82.8 Å². The first kappa shape index (κ1) is 10.3. The van der Waals surface area contributed by atoms with Crippen molar-refractivity contribution in [1.29, 1.82) is 0 Å². The standard InChI is InChI=1S/C44H26O/c1-3-14-29-27(12-1)24-25-32-31(29)21-11-22-33(32)41-34-16-5-7-18-36(34)42(37-19-8-6-17-35(37)41)39-26-28-13-2-4-15-30(28)44-43(39)38-20-9-10-23-40(38)45-44/h1-26H/i1D,2D,3D,4D,5D,6D,7D,8D,9D,10D,11D,12D,13D,14D,15D,16D,17D,18D,19D,20D,21D,22D,23D,24D,25D,26D. The van der Waals surface area contributed by atoms with Crippen LogP contribution in [-0.2, 0) is 0 Å². The maximum Gasteiger partial charge on any atom is 0.143 e. The summed E-state index contributed by atoms with van der Waals surface area (Å²) in [7, 11) is 0. The van der Waals surface area contributed by atoms with Crippen LogP contribution in [-0.4, -0.2) is 0 Å². The molecule has 45 heavy (non-hydrogen) atoms. The van der Waals surface area contributed by atoms with E-state index in [1.807, 2.05) is 0 Å². The summed E-state index contributed by atoms with van der Waals surface area (Å²) >= 11 is 0. The van der Waals surface area contributed by atoms with Gasteiger partial charge in [-0.15, -0.1) is 0 Å². The fourth-order valence-electron chi connectivity index (χ4n) is 5.94. The summed E-state index contributed by atoms with van der Waals surface area (Å²) in [5, 5.41) is -7.34. The summed E-state index contributed by atoms with van der Waals surface area (Å²) in [6.07, 6.45) is 0. The zero-order chi connectivity index (χ0) is 52.1. The Hall–Kier alpha value is -5.92. The van der Waals surface area contributed by atoms with Crippen LogP contribution < -0.4 is 0 Å². The quantitative estimate of drug-likeness (QED) is 0.143. The second-order valence-corrected chi connectivity index (χ2v) is 10.0. The summed E-state index contributed by atoms with van der Waals surface area (Å²) < 4.78 is 241. The predicted molar refractivity (Wildman–Crippen MR) is 192 cm³/mol. The largest absolute Gasteiger partial charge is 0.455 e. The molecular formula is C44H26O. The SMILES string of the molecule is [2H]c1c([2H])c([2H])c2c(oc3c4c([2H])c([2H])c([2H])c([2H])c4c([2H])c(-c4c5c([2H])c([2H])c([2H])c([2H])c5c(-c5c([2H])c([2H])c([2H])c6c5c([2H])c([2H])c5c([2H])c([2H])c([2H])c([2H])c56)c5c([2H])c([2H])c([2H])c([2H])c45)c32)c1[2H]. The van der Waals surface area contributed by atoms with Gasteiger partial charge in [0.2, 0.25) is 0 Å². The van der Waals surface area contributed by atoms with Crippen molar-refractivity contribution in [1.82, 2.24) is 0 Å². The molecule has 0 aliphatic rings. The Kier molecular flexibility index (Phi) is 2.13. The summed E-state index contributed by atoms with van der Waals surface area (Å²) in [6, 6.07) is -23.3. The summed E-state index contributed by atoms with van der Waals surface area (Å²) in [6.45, 7) is 0. The molecule has 1 aromatic heterocycles. The number of fused-ring (bicyclic) bond motifs is 10. The molecule has 0 fully saturated rings. The Morgan fingerprint density at radius 2 is 0.889 bits per heavy atom. The first-order valence-corrected chi connectivity index (χ1v) is 13.4. The van der Waals surface area contributed by atoms with Crippen molar-refractivity contribution in [3.8, 4) is 22.3 Å². The van der Waals surface area contributed by atoms with Crippen LogP contribution in [0.2, 0.25) is 0 Å². The number of furan rings is 1. The van der Waals surface area contributed by atoms with Crippen LogP contribution in [0.3, 0.4) is 0 Å². The van der Waals surface area contributed by atoms with Crippen molar-refractivity contribution in [3.63, 3.8) is 0 Å². The van der Waals surface area contributed by atoms with Gasteiger partial charge >= 0.3 is 0 Å². The molecule has 1 heterocycles. The van der Waals surface area contributed by atoms with Gasteiger partial charge in [0, 0.05) is 16.2 Å². The Bertz CT molecular complexity index is 4210. The lowest BCUT2D eigenvalue weighted by Gasteiger charge is -2.20. The van der Waals surface area contributed by atoms with Crippen molar-refractivity contribution in [3.05, 3.63) is 157 Å². The molecule has 0 amide bonds. The molecule has 1 heteroatoms. The van der Waals surface area contributed by atoms with Crippen LogP contribution in [0.25, 0.3) is 98.1 Å². The minimum atomic E-state index is -0.995. The minimum absolute atomic E-state index is 0.495. The van der Waals surface area contributed by atoms with Gasteiger partial charge < -0.3 is 4.42 Å². The number of rotatable bonds is 2. The maximum absolute atomic E-state index is 9.95. The first-order valence-electron chi connectivity index (χ1n) is 26.4. The molecule has 0 radical (unpaired) electrons. The predicted octanol–water partition coefficient (Wildman–Crippen LogP) is 12.7. The number of hydrogen-bond donors (Lipinski definition) is 0. The Balaban J connectivity index is 1.64. The average molecular weight is 597 g/mol. The lowest BCUT2D eigenvalue weighted by Crippen LogP contribution is -1.92. The van der Waals surface area contributed by atoms with E-state index in [0.29, 0.717) is 0 Å².